The number of hydrogen-bond acceptors (Lipinski definition) is 5. The number of rotatable bonds is 7. The monoisotopic (exact) mass is 433 g/mol. The standard InChI is InChI=1S/C25H31N5O2/c1-26-25(28-17-23-22-6-4-3-5-19(22)11-12-27-23)29-18-24(30-13-15-32-16-14-30)20-7-9-21(31-2)10-8-20/h3-12,24H,13-18H2,1-2H3,(H2,26,28,29). The lowest BCUT2D eigenvalue weighted by molar-refractivity contribution is 0.0170. The van der Waals surface area contributed by atoms with Crippen molar-refractivity contribution in [1.82, 2.24) is 20.5 Å². The first-order valence-corrected chi connectivity index (χ1v) is 11.0. The molecule has 2 aromatic carbocycles. The average molecular weight is 434 g/mol. The highest BCUT2D eigenvalue weighted by Gasteiger charge is 2.23. The highest BCUT2D eigenvalue weighted by atomic mass is 16.5. The third kappa shape index (κ3) is 5.36. The van der Waals surface area contributed by atoms with Gasteiger partial charge in [-0.3, -0.25) is 14.9 Å². The summed E-state index contributed by atoms with van der Waals surface area (Å²) in [4.78, 5) is 11.4. The molecule has 2 N–H and O–H groups in total. The number of benzene rings is 2. The summed E-state index contributed by atoms with van der Waals surface area (Å²) in [6.07, 6.45) is 1.85. The Kier molecular flexibility index (Phi) is 7.53. The highest BCUT2D eigenvalue weighted by Crippen LogP contribution is 2.23. The van der Waals surface area contributed by atoms with Gasteiger partial charge in [0.05, 0.1) is 38.6 Å². The second-order valence-electron chi connectivity index (χ2n) is 7.72. The van der Waals surface area contributed by atoms with Crippen molar-refractivity contribution in [3.8, 4) is 5.75 Å². The summed E-state index contributed by atoms with van der Waals surface area (Å²) in [5.74, 6) is 1.62. The summed E-state index contributed by atoms with van der Waals surface area (Å²) in [5.41, 5.74) is 2.25. The van der Waals surface area contributed by atoms with Crippen LogP contribution in [0.15, 0.2) is 65.8 Å². The Morgan fingerprint density at radius 2 is 1.88 bits per heavy atom. The van der Waals surface area contributed by atoms with E-state index in [1.54, 1.807) is 14.2 Å². The van der Waals surface area contributed by atoms with Crippen LogP contribution in [-0.2, 0) is 11.3 Å². The average Bonchev–Trinajstić information content (AvgIpc) is 2.87. The third-order valence-corrected chi connectivity index (χ3v) is 5.85. The van der Waals surface area contributed by atoms with Gasteiger partial charge in [-0.05, 0) is 29.1 Å². The van der Waals surface area contributed by atoms with E-state index in [2.05, 4.69) is 49.8 Å². The molecule has 1 aliphatic heterocycles. The van der Waals surface area contributed by atoms with E-state index in [1.165, 1.54) is 10.9 Å². The number of hydrogen-bond donors (Lipinski definition) is 2. The normalized spacial score (nSPS) is 16.0. The predicted molar refractivity (Wildman–Crippen MR) is 128 cm³/mol. The van der Waals surface area contributed by atoms with Crippen LogP contribution in [-0.4, -0.2) is 62.8 Å². The molecule has 0 bridgehead atoms. The van der Waals surface area contributed by atoms with E-state index in [0.717, 1.165) is 55.6 Å². The zero-order valence-electron chi connectivity index (χ0n) is 18.8. The van der Waals surface area contributed by atoms with Crippen LogP contribution < -0.4 is 15.4 Å². The molecule has 7 heteroatoms. The van der Waals surface area contributed by atoms with E-state index in [-0.39, 0.29) is 6.04 Å². The number of pyridine rings is 1. The van der Waals surface area contributed by atoms with Gasteiger partial charge in [-0.2, -0.15) is 0 Å². The number of nitrogens with one attached hydrogen (secondary N) is 2. The van der Waals surface area contributed by atoms with Crippen LogP contribution in [0.3, 0.4) is 0 Å². The van der Waals surface area contributed by atoms with Gasteiger partial charge in [0.1, 0.15) is 5.75 Å². The summed E-state index contributed by atoms with van der Waals surface area (Å²) in [7, 11) is 3.49. The topological polar surface area (TPSA) is 71.0 Å². The summed E-state index contributed by atoms with van der Waals surface area (Å²) < 4.78 is 10.9. The first kappa shape index (κ1) is 22.0. The predicted octanol–water partition coefficient (Wildman–Crippen LogP) is 2.98. The van der Waals surface area contributed by atoms with Crippen LogP contribution >= 0.6 is 0 Å². The minimum atomic E-state index is 0.207. The number of aromatic nitrogens is 1. The van der Waals surface area contributed by atoms with E-state index < -0.39 is 0 Å². The lowest BCUT2D eigenvalue weighted by Crippen LogP contribution is -2.46. The van der Waals surface area contributed by atoms with Crippen molar-refractivity contribution in [2.45, 2.75) is 12.6 Å². The van der Waals surface area contributed by atoms with E-state index in [0.29, 0.717) is 6.54 Å². The van der Waals surface area contributed by atoms with E-state index in [4.69, 9.17) is 9.47 Å². The van der Waals surface area contributed by atoms with Gasteiger partial charge in [-0.25, -0.2) is 0 Å². The fourth-order valence-corrected chi connectivity index (χ4v) is 4.08. The molecule has 3 aromatic rings. The number of guanidine groups is 1. The largest absolute Gasteiger partial charge is 0.497 e. The Hall–Kier alpha value is -3.16. The Labute approximate surface area is 189 Å². The summed E-state index contributed by atoms with van der Waals surface area (Å²) in [6.45, 7) is 4.66. The Morgan fingerprint density at radius 1 is 1.09 bits per heavy atom. The van der Waals surface area contributed by atoms with E-state index in [9.17, 15) is 0 Å². The number of methoxy groups -OCH3 is 1. The molecule has 0 saturated carbocycles. The second-order valence-corrected chi connectivity index (χ2v) is 7.72. The molecule has 1 aliphatic rings. The van der Waals surface area contributed by atoms with Crippen molar-refractivity contribution in [2.75, 3.05) is 47.0 Å². The maximum absolute atomic E-state index is 5.57. The first-order chi connectivity index (χ1) is 15.8. The summed E-state index contributed by atoms with van der Waals surface area (Å²) in [5, 5.41) is 9.27. The molecule has 32 heavy (non-hydrogen) atoms. The van der Waals surface area contributed by atoms with Gasteiger partial charge in [0.2, 0.25) is 0 Å². The van der Waals surface area contributed by atoms with Gasteiger partial charge >= 0.3 is 0 Å². The maximum Gasteiger partial charge on any atom is 0.191 e. The smallest absolute Gasteiger partial charge is 0.191 e. The van der Waals surface area contributed by atoms with Gasteiger partial charge in [0.15, 0.2) is 5.96 Å². The van der Waals surface area contributed by atoms with Crippen molar-refractivity contribution in [3.63, 3.8) is 0 Å². The second kappa shape index (κ2) is 10.9. The van der Waals surface area contributed by atoms with Gasteiger partial charge in [-0.15, -0.1) is 0 Å². The molecule has 0 radical (unpaired) electrons. The molecule has 1 saturated heterocycles. The molecule has 0 spiro atoms. The van der Waals surface area contributed by atoms with Crippen molar-refractivity contribution in [3.05, 3.63) is 72.1 Å². The molecule has 1 fully saturated rings. The summed E-state index contributed by atoms with van der Waals surface area (Å²) >= 11 is 0. The number of morpholine rings is 1. The van der Waals surface area contributed by atoms with E-state index in [1.807, 2.05) is 36.5 Å². The van der Waals surface area contributed by atoms with Crippen molar-refractivity contribution in [1.29, 1.82) is 0 Å². The minimum absolute atomic E-state index is 0.207. The van der Waals surface area contributed by atoms with Gasteiger partial charge in [0.25, 0.3) is 0 Å². The van der Waals surface area contributed by atoms with Crippen LogP contribution in [0, 0.1) is 0 Å². The molecular formula is C25H31N5O2. The molecule has 1 unspecified atom stereocenters. The van der Waals surface area contributed by atoms with Crippen LogP contribution in [0.5, 0.6) is 5.75 Å². The Bertz CT molecular complexity index is 1030. The highest BCUT2D eigenvalue weighted by molar-refractivity contribution is 5.85. The zero-order chi connectivity index (χ0) is 22.2. The molecule has 168 valence electrons. The molecule has 2 heterocycles. The fraction of sp³-hybridized carbons (Fsp3) is 0.360. The van der Waals surface area contributed by atoms with Crippen LogP contribution in [0.4, 0.5) is 0 Å². The van der Waals surface area contributed by atoms with Gasteiger partial charge in [0, 0.05) is 38.3 Å². The SMILES string of the molecule is CN=C(NCc1nccc2ccccc12)NCC(c1ccc(OC)cc1)N1CCOCC1. The first-order valence-electron chi connectivity index (χ1n) is 11.0. The molecule has 0 aliphatic carbocycles. The van der Waals surface area contributed by atoms with Gasteiger partial charge < -0.3 is 20.1 Å². The number of ether oxygens (including phenoxy) is 2. The van der Waals surface area contributed by atoms with Crippen molar-refractivity contribution >= 4 is 16.7 Å². The van der Waals surface area contributed by atoms with Crippen LogP contribution in [0.2, 0.25) is 0 Å². The number of fused-ring (bicyclic) bond motifs is 1. The maximum atomic E-state index is 5.57. The molecular weight excluding hydrogens is 402 g/mol. The Balaban J connectivity index is 1.43. The van der Waals surface area contributed by atoms with Gasteiger partial charge in [-0.1, -0.05) is 36.4 Å². The third-order valence-electron chi connectivity index (χ3n) is 5.85. The molecule has 0 amide bonds. The van der Waals surface area contributed by atoms with Crippen LogP contribution in [0.1, 0.15) is 17.3 Å². The molecule has 7 nitrogen and oxygen atoms in total. The van der Waals surface area contributed by atoms with Crippen molar-refractivity contribution in [2.24, 2.45) is 4.99 Å². The van der Waals surface area contributed by atoms with E-state index >= 15 is 0 Å². The number of nitrogens with zero attached hydrogens (tertiary/aromatic N) is 3. The number of aliphatic imine (C=N–C) groups is 1. The van der Waals surface area contributed by atoms with Crippen molar-refractivity contribution < 1.29 is 9.47 Å². The lowest BCUT2D eigenvalue weighted by Gasteiger charge is -2.35. The quantitative estimate of drug-likeness (QED) is 0.441. The summed E-state index contributed by atoms with van der Waals surface area (Å²) in [6, 6.07) is 18.8. The fourth-order valence-electron chi connectivity index (χ4n) is 4.08. The molecule has 1 aromatic heterocycles. The zero-order valence-corrected chi connectivity index (χ0v) is 18.8. The lowest BCUT2D eigenvalue weighted by atomic mass is 10.0. The minimum Gasteiger partial charge on any atom is -0.497 e. The van der Waals surface area contributed by atoms with Crippen LogP contribution in [0.25, 0.3) is 10.8 Å². The molecule has 1 atom stereocenters. The Morgan fingerprint density at radius 3 is 2.62 bits per heavy atom. The molecule has 4 rings (SSSR count).